The van der Waals surface area contributed by atoms with Crippen LogP contribution in [0.3, 0.4) is 0 Å². The number of halogens is 19. The van der Waals surface area contributed by atoms with Gasteiger partial charge in [0.25, 0.3) is 0 Å². The van der Waals surface area contributed by atoms with Crippen LogP contribution < -0.4 is 0 Å². The van der Waals surface area contributed by atoms with Gasteiger partial charge in [-0.2, -0.15) is 70.2 Å². The summed E-state index contributed by atoms with van der Waals surface area (Å²) in [6.45, 7) is -7.52. The number of aliphatic hydroxyl groups is 1. The standard InChI is InChI=1S/C17H15F19O4/c1-7(2,10(22,6(19)37)14(27,28)29)40-17(35,36)11(23,15(30,31)32)8(3,4)39-13(26,9(20,21)5-18)12(24,25)16(33,34)38/h38H,5H2,1-4H3. The molecule has 3 unspecified atom stereocenters. The lowest BCUT2D eigenvalue weighted by Gasteiger charge is -2.50. The van der Waals surface area contributed by atoms with E-state index in [0.29, 0.717) is 0 Å². The number of alkyl halides is 18. The van der Waals surface area contributed by atoms with Crippen LogP contribution in [0.4, 0.5) is 83.4 Å². The van der Waals surface area contributed by atoms with Crippen LogP contribution in [0.1, 0.15) is 27.7 Å². The van der Waals surface area contributed by atoms with E-state index in [-0.39, 0.29) is 0 Å². The summed E-state index contributed by atoms with van der Waals surface area (Å²) >= 11 is 0. The first-order valence-electron chi connectivity index (χ1n) is 9.52. The van der Waals surface area contributed by atoms with Crippen molar-refractivity contribution in [3.63, 3.8) is 0 Å². The third kappa shape index (κ3) is 5.40. The first-order chi connectivity index (χ1) is 16.9. The highest BCUT2D eigenvalue weighted by atomic mass is 19.4. The highest BCUT2D eigenvalue weighted by molar-refractivity contribution is 5.81. The smallest absolute Gasteiger partial charge is 0.331 e. The van der Waals surface area contributed by atoms with Gasteiger partial charge < -0.3 is 14.6 Å². The van der Waals surface area contributed by atoms with Gasteiger partial charge in [-0.15, -0.1) is 0 Å². The summed E-state index contributed by atoms with van der Waals surface area (Å²) in [6.07, 6.45) is -29.1. The molecule has 1 N–H and O–H groups in total. The van der Waals surface area contributed by atoms with E-state index in [4.69, 9.17) is 5.11 Å². The second-order valence-electron chi connectivity index (χ2n) is 8.88. The first kappa shape index (κ1) is 38.2. The molecule has 0 aliphatic heterocycles. The Morgan fingerprint density at radius 3 is 1.27 bits per heavy atom. The molecule has 0 rings (SSSR count). The summed E-state index contributed by atoms with van der Waals surface area (Å²) in [5.41, 5.74) is -24.3. The Morgan fingerprint density at radius 2 is 1.02 bits per heavy atom. The number of hydrogen-bond donors (Lipinski definition) is 1. The molecule has 0 saturated heterocycles. The third-order valence-electron chi connectivity index (χ3n) is 5.31. The zero-order chi connectivity index (χ0) is 33.2. The predicted molar refractivity (Wildman–Crippen MR) is 88.1 cm³/mol. The minimum absolute atomic E-state index is 0.742. The SMILES string of the molecule is CC(C)(OC(F)(F)C(F)(C(F)(F)F)C(C)(C)OC(F)(C(F)(F)CF)C(F)(F)C(O)(F)F)C(F)(C(=O)F)C(F)(F)F. The number of ether oxygens (including phenoxy) is 2. The average Bonchev–Trinajstić information content (AvgIpc) is 2.67. The summed E-state index contributed by atoms with van der Waals surface area (Å²) in [4.78, 5) is 10.7. The van der Waals surface area contributed by atoms with Gasteiger partial charge in [-0.3, -0.25) is 4.79 Å². The fourth-order valence-electron chi connectivity index (χ4n) is 3.08. The molecule has 0 amide bonds. The molecule has 0 aromatic carbocycles. The number of rotatable bonds is 12. The molecule has 0 spiro atoms. The monoisotopic (exact) mass is 644 g/mol. The zero-order valence-electron chi connectivity index (χ0n) is 19.6. The largest absolute Gasteiger partial charge is 0.435 e. The van der Waals surface area contributed by atoms with Crippen LogP contribution in [-0.2, 0) is 14.3 Å². The molecule has 0 aromatic heterocycles. The second-order valence-corrected chi connectivity index (χ2v) is 8.88. The van der Waals surface area contributed by atoms with E-state index in [1.807, 2.05) is 0 Å². The summed E-state index contributed by atoms with van der Waals surface area (Å²) in [7, 11) is 0. The summed E-state index contributed by atoms with van der Waals surface area (Å²) in [6, 6.07) is -4.29. The van der Waals surface area contributed by atoms with Gasteiger partial charge in [0.05, 0.1) is 0 Å². The van der Waals surface area contributed by atoms with Gasteiger partial charge >= 0.3 is 59.6 Å². The van der Waals surface area contributed by atoms with E-state index in [9.17, 15) is 83.8 Å². The predicted octanol–water partition coefficient (Wildman–Crippen LogP) is 6.70. The van der Waals surface area contributed by atoms with Crippen LogP contribution in [0.25, 0.3) is 0 Å². The highest BCUT2D eigenvalue weighted by Crippen LogP contribution is 2.60. The molecule has 0 fully saturated rings. The molecule has 0 heterocycles. The van der Waals surface area contributed by atoms with Gasteiger partial charge in [0.2, 0.25) is 0 Å². The second kappa shape index (κ2) is 9.90. The molecule has 0 aliphatic carbocycles. The zero-order valence-corrected chi connectivity index (χ0v) is 19.6. The van der Waals surface area contributed by atoms with Crippen molar-refractivity contribution in [2.45, 2.75) is 92.5 Å². The van der Waals surface area contributed by atoms with Crippen molar-refractivity contribution in [1.29, 1.82) is 0 Å². The van der Waals surface area contributed by atoms with E-state index in [0.717, 1.165) is 0 Å². The molecule has 240 valence electrons. The molecule has 0 aliphatic rings. The van der Waals surface area contributed by atoms with Crippen LogP contribution in [-0.4, -0.2) is 82.6 Å². The molecular formula is C17H15F19O4. The molecule has 3 atom stereocenters. The topological polar surface area (TPSA) is 55.8 Å². The fourth-order valence-corrected chi connectivity index (χ4v) is 3.08. The molecule has 0 saturated carbocycles. The summed E-state index contributed by atoms with van der Waals surface area (Å²) in [5, 5.41) is 8.07. The van der Waals surface area contributed by atoms with Crippen molar-refractivity contribution in [3.8, 4) is 0 Å². The van der Waals surface area contributed by atoms with E-state index in [2.05, 4.69) is 9.47 Å². The third-order valence-corrected chi connectivity index (χ3v) is 5.31. The van der Waals surface area contributed by atoms with Crippen molar-refractivity contribution >= 4 is 6.04 Å². The van der Waals surface area contributed by atoms with Gasteiger partial charge in [0, 0.05) is 0 Å². The number of carbonyl (C=O) groups excluding carboxylic acids is 1. The van der Waals surface area contributed by atoms with E-state index >= 15 is 4.39 Å². The van der Waals surface area contributed by atoms with Gasteiger partial charge in [-0.05, 0) is 27.7 Å². The molecule has 0 aromatic rings. The maximum Gasteiger partial charge on any atom is 0.435 e. The highest BCUT2D eigenvalue weighted by Gasteiger charge is 2.87. The van der Waals surface area contributed by atoms with Gasteiger partial charge in [0.1, 0.15) is 11.2 Å². The maximum absolute atomic E-state index is 15.3. The molecular weight excluding hydrogens is 629 g/mol. The Hall–Kier alpha value is -1.78. The van der Waals surface area contributed by atoms with Gasteiger partial charge in [-0.25, -0.2) is 13.2 Å². The van der Waals surface area contributed by atoms with Gasteiger partial charge in [0.15, 0.2) is 6.67 Å². The van der Waals surface area contributed by atoms with Crippen LogP contribution in [0.5, 0.6) is 0 Å². The minimum atomic E-state index is -7.63. The lowest BCUT2D eigenvalue weighted by Crippen LogP contribution is -2.76. The van der Waals surface area contributed by atoms with Crippen molar-refractivity contribution in [3.05, 3.63) is 0 Å². The lowest BCUT2D eigenvalue weighted by atomic mass is 9.82. The van der Waals surface area contributed by atoms with Crippen LogP contribution >= 0.6 is 0 Å². The Balaban J connectivity index is 7.49. The Labute approximate surface area is 209 Å². The van der Waals surface area contributed by atoms with E-state index in [1.54, 1.807) is 0 Å². The van der Waals surface area contributed by atoms with Crippen LogP contribution in [0, 0.1) is 0 Å². The average molecular weight is 644 g/mol. The Bertz CT molecular complexity index is 936. The number of carbonyl (C=O) groups is 1. The normalized spacial score (nSPS) is 20.0. The van der Waals surface area contributed by atoms with Crippen molar-refractivity contribution in [1.82, 2.24) is 0 Å². The van der Waals surface area contributed by atoms with Gasteiger partial charge in [-0.1, -0.05) is 0 Å². The molecule has 40 heavy (non-hydrogen) atoms. The molecule has 23 heteroatoms. The quantitative estimate of drug-likeness (QED) is 0.190. The van der Waals surface area contributed by atoms with E-state index < -0.39 is 105 Å². The maximum atomic E-state index is 15.3. The molecule has 4 nitrogen and oxygen atoms in total. The van der Waals surface area contributed by atoms with Crippen molar-refractivity contribution in [2.24, 2.45) is 0 Å². The first-order valence-corrected chi connectivity index (χ1v) is 9.52. The summed E-state index contributed by atoms with van der Waals surface area (Å²) < 4.78 is 265. The summed E-state index contributed by atoms with van der Waals surface area (Å²) in [5.74, 6) is -21.9. The fraction of sp³-hybridized carbons (Fsp3) is 0.941. The Kier molecular flexibility index (Phi) is 9.46. The van der Waals surface area contributed by atoms with Crippen LogP contribution in [0.15, 0.2) is 0 Å². The van der Waals surface area contributed by atoms with Crippen molar-refractivity contribution in [2.75, 3.05) is 6.67 Å². The van der Waals surface area contributed by atoms with Crippen LogP contribution in [0.2, 0.25) is 0 Å². The lowest BCUT2D eigenvalue weighted by molar-refractivity contribution is -0.494. The van der Waals surface area contributed by atoms with E-state index in [1.165, 1.54) is 0 Å². The molecule has 0 radical (unpaired) electrons. The number of hydrogen-bond acceptors (Lipinski definition) is 4. The minimum Gasteiger partial charge on any atom is -0.331 e. The molecule has 0 bridgehead atoms. The Morgan fingerprint density at radius 1 is 0.650 bits per heavy atom. The van der Waals surface area contributed by atoms with Crippen molar-refractivity contribution < 1.29 is 103 Å².